The van der Waals surface area contributed by atoms with E-state index in [-0.39, 0.29) is 5.75 Å². The standard InChI is InChI=1S/C9H9NO/c1-3-7-6-8(11)4-5-9(7)10-2/h4-6,11H,3H2,1H3. The van der Waals surface area contributed by atoms with Crippen molar-refractivity contribution in [3.05, 3.63) is 35.2 Å². The minimum absolute atomic E-state index is 0.231. The van der Waals surface area contributed by atoms with E-state index in [4.69, 9.17) is 11.7 Å². The Kier molecular flexibility index (Phi) is 2.12. The number of hydrogen-bond donors (Lipinski definition) is 1. The molecule has 0 fully saturated rings. The summed E-state index contributed by atoms with van der Waals surface area (Å²) in [5.41, 5.74) is 1.53. The molecule has 56 valence electrons. The molecular formula is C9H9NO. The van der Waals surface area contributed by atoms with E-state index < -0.39 is 0 Å². The van der Waals surface area contributed by atoms with Gasteiger partial charge in [0, 0.05) is 0 Å². The molecule has 11 heavy (non-hydrogen) atoms. The first-order valence-corrected chi connectivity index (χ1v) is 3.47. The Morgan fingerprint density at radius 2 is 2.27 bits per heavy atom. The van der Waals surface area contributed by atoms with E-state index >= 15 is 0 Å². The van der Waals surface area contributed by atoms with Crippen LogP contribution in [0.2, 0.25) is 0 Å². The van der Waals surface area contributed by atoms with Gasteiger partial charge in [-0.25, -0.2) is 4.85 Å². The highest BCUT2D eigenvalue weighted by molar-refractivity contribution is 5.54. The van der Waals surface area contributed by atoms with Crippen molar-refractivity contribution >= 4 is 5.69 Å². The predicted octanol–water partition coefficient (Wildman–Crippen LogP) is 2.51. The topological polar surface area (TPSA) is 24.6 Å². The average Bonchev–Trinajstić information content (AvgIpc) is 2.04. The van der Waals surface area contributed by atoms with Crippen LogP contribution < -0.4 is 0 Å². The predicted molar refractivity (Wildman–Crippen MR) is 43.7 cm³/mol. The first kappa shape index (κ1) is 7.62. The number of aromatic hydroxyl groups is 1. The molecule has 1 rings (SSSR count). The Labute approximate surface area is 65.9 Å². The molecule has 0 radical (unpaired) electrons. The Bertz CT molecular complexity index is 299. The van der Waals surface area contributed by atoms with Crippen molar-refractivity contribution in [3.63, 3.8) is 0 Å². The van der Waals surface area contributed by atoms with Gasteiger partial charge in [-0.15, -0.1) is 0 Å². The van der Waals surface area contributed by atoms with Gasteiger partial charge in [0.25, 0.3) is 0 Å². The number of nitrogens with zero attached hydrogens (tertiary/aromatic N) is 1. The number of phenolic OH excluding ortho intramolecular Hbond substituents is 1. The van der Waals surface area contributed by atoms with E-state index in [9.17, 15) is 0 Å². The van der Waals surface area contributed by atoms with Crippen LogP contribution in [0.1, 0.15) is 12.5 Å². The van der Waals surface area contributed by atoms with Crippen LogP contribution in [0.3, 0.4) is 0 Å². The van der Waals surface area contributed by atoms with Crippen LogP contribution >= 0.6 is 0 Å². The van der Waals surface area contributed by atoms with Crippen molar-refractivity contribution in [1.29, 1.82) is 0 Å². The molecular weight excluding hydrogens is 138 g/mol. The Morgan fingerprint density at radius 1 is 1.55 bits per heavy atom. The van der Waals surface area contributed by atoms with E-state index in [1.807, 2.05) is 6.92 Å². The highest BCUT2D eigenvalue weighted by Gasteiger charge is 1.99. The second kappa shape index (κ2) is 3.07. The SMILES string of the molecule is [C-]#[N+]c1ccc(O)cc1CC. The first-order valence-electron chi connectivity index (χ1n) is 3.47. The Hall–Kier alpha value is -1.49. The summed E-state index contributed by atoms with van der Waals surface area (Å²) in [4.78, 5) is 3.32. The monoisotopic (exact) mass is 147 g/mol. The number of hydrogen-bond acceptors (Lipinski definition) is 1. The van der Waals surface area contributed by atoms with E-state index in [1.54, 1.807) is 12.1 Å². The molecule has 0 aliphatic carbocycles. The smallest absolute Gasteiger partial charge is 0.190 e. The average molecular weight is 147 g/mol. The Balaban J connectivity index is 3.19. The van der Waals surface area contributed by atoms with Crippen LogP contribution in [0.4, 0.5) is 5.69 Å². The lowest BCUT2D eigenvalue weighted by atomic mass is 10.1. The third-order valence-corrected chi connectivity index (χ3v) is 1.56. The van der Waals surface area contributed by atoms with Crippen molar-refractivity contribution in [3.8, 4) is 5.75 Å². The van der Waals surface area contributed by atoms with Crippen LogP contribution in [0, 0.1) is 6.57 Å². The lowest BCUT2D eigenvalue weighted by Gasteiger charge is -1.99. The summed E-state index contributed by atoms with van der Waals surface area (Å²) in [5, 5.41) is 9.06. The summed E-state index contributed by atoms with van der Waals surface area (Å²) in [7, 11) is 0. The molecule has 0 aliphatic rings. The molecule has 0 unspecified atom stereocenters. The van der Waals surface area contributed by atoms with Crippen molar-refractivity contribution < 1.29 is 5.11 Å². The summed E-state index contributed by atoms with van der Waals surface area (Å²) in [6.07, 6.45) is 0.784. The van der Waals surface area contributed by atoms with Gasteiger partial charge in [-0.05, 0) is 24.1 Å². The summed E-state index contributed by atoms with van der Waals surface area (Å²) in [6.45, 7) is 8.76. The van der Waals surface area contributed by atoms with Crippen LogP contribution in [0.25, 0.3) is 4.85 Å². The van der Waals surface area contributed by atoms with Gasteiger partial charge in [-0.1, -0.05) is 13.0 Å². The minimum Gasteiger partial charge on any atom is -0.508 e. The van der Waals surface area contributed by atoms with Gasteiger partial charge in [0.05, 0.1) is 6.57 Å². The molecule has 2 heteroatoms. The maximum Gasteiger partial charge on any atom is 0.190 e. The van der Waals surface area contributed by atoms with Crippen molar-refractivity contribution in [1.82, 2.24) is 0 Å². The van der Waals surface area contributed by atoms with Gasteiger partial charge in [-0.3, -0.25) is 0 Å². The van der Waals surface area contributed by atoms with Crippen LogP contribution in [0.15, 0.2) is 18.2 Å². The summed E-state index contributed by atoms with van der Waals surface area (Å²) >= 11 is 0. The molecule has 0 saturated heterocycles. The highest BCUT2D eigenvalue weighted by atomic mass is 16.3. The molecule has 0 heterocycles. The molecule has 0 aromatic heterocycles. The number of aryl methyl sites for hydroxylation is 1. The highest BCUT2D eigenvalue weighted by Crippen LogP contribution is 2.23. The molecule has 0 atom stereocenters. The van der Waals surface area contributed by atoms with Crippen LogP contribution in [-0.2, 0) is 6.42 Å². The molecule has 1 N–H and O–H groups in total. The van der Waals surface area contributed by atoms with Gasteiger partial charge in [0.1, 0.15) is 5.75 Å². The van der Waals surface area contributed by atoms with Gasteiger partial charge in [-0.2, -0.15) is 0 Å². The zero-order valence-electron chi connectivity index (χ0n) is 6.33. The lowest BCUT2D eigenvalue weighted by molar-refractivity contribution is 0.475. The van der Waals surface area contributed by atoms with Gasteiger partial charge < -0.3 is 5.11 Å². The molecule has 0 saturated carbocycles. The second-order valence-corrected chi connectivity index (χ2v) is 2.28. The third kappa shape index (κ3) is 1.50. The second-order valence-electron chi connectivity index (χ2n) is 2.28. The van der Waals surface area contributed by atoms with Gasteiger partial charge >= 0.3 is 0 Å². The van der Waals surface area contributed by atoms with Crippen LogP contribution in [0.5, 0.6) is 5.75 Å². The third-order valence-electron chi connectivity index (χ3n) is 1.56. The fourth-order valence-corrected chi connectivity index (χ4v) is 0.964. The molecule has 1 aromatic rings. The van der Waals surface area contributed by atoms with E-state index in [0.29, 0.717) is 5.69 Å². The summed E-state index contributed by atoms with van der Waals surface area (Å²) < 4.78 is 0. The van der Waals surface area contributed by atoms with Crippen LogP contribution in [-0.4, -0.2) is 5.11 Å². The molecule has 0 amide bonds. The fraction of sp³-hybridized carbons (Fsp3) is 0.222. The molecule has 1 aromatic carbocycles. The van der Waals surface area contributed by atoms with E-state index in [0.717, 1.165) is 12.0 Å². The van der Waals surface area contributed by atoms with E-state index in [2.05, 4.69) is 4.85 Å². The van der Waals surface area contributed by atoms with Gasteiger partial charge in [0.15, 0.2) is 5.69 Å². The van der Waals surface area contributed by atoms with E-state index in [1.165, 1.54) is 6.07 Å². The lowest BCUT2D eigenvalue weighted by Crippen LogP contribution is -1.78. The summed E-state index contributed by atoms with van der Waals surface area (Å²) in [5.74, 6) is 0.231. The molecule has 0 spiro atoms. The van der Waals surface area contributed by atoms with Gasteiger partial charge in [0.2, 0.25) is 0 Å². The molecule has 0 aliphatic heterocycles. The number of phenols is 1. The number of rotatable bonds is 1. The first-order chi connectivity index (χ1) is 5.27. The zero-order chi connectivity index (χ0) is 8.27. The normalized spacial score (nSPS) is 9.09. The number of benzene rings is 1. The summed E-state index contributed by atoms with van der Waals surface area (Å²) in [6, 6.07) is 4.81. The fourth-order valence-electron chi connectivity index (χ4n) is 0.964. The van der Waals surface area contributed by atoms with Crippen molar-refractivity contribution in [2.75, 3.05) is 0 Å². The quantitative estimate of drug-likeness (QED) is 0.606. The zero-order valence-corrected chi connectivity index (χ0v) is 6.33. The molecule has 0 bridgehead atoms. The van der Waals surface area contributed by atoms with Crippen molar-refractivity contribution in [2.45, 2.75) is 13.3 Å². The largest absolute Gasteiger partial charge is 0.508 e. The maximum atomic E-state index is 9.06. The van der Waals surface area contributed by atoms with Crippen molar-refractivity contribution in [2.24, 2.45) is 0 Å². The molecule has 2 nitrogen and oxygen atoms in total. The maximum absolute atomic E-state index is 9.06. The Morgan fingerprint density at radius 3 is 2.82 bits per heavy atom. The minimum atomic E-state index is 0.231.